The molecule has 0 radical (unpaired) electrons. The van der Waals surface area contributed by atoms with Gasteiger partial charge in [-0.15, -0.1) is 0 Å². The molecular weight excluding hydrogens is 378 g/mol. The van der Waals surface area contributed by atoms with Crippen LogP contribution in [-0.4, -0.2) is 23.4 Å². The van der Waals surface area contributed by atoms with Crippen LogP contribution in [0.2, 0.25) is 0 Å². The van der Waals surface area contributed by atoms with Gasteiger partial charge in [0.25, 0.3) is 0 Å². The van der Waals surface area contributed by atoms with E-state index >= 15 is 0 Å². The fourth-order valence-electron chi connectivity index (χ4n) is 3.46. The Morgan fingerprint density at radius 3 is 2.64 bits per heavy atom. The lowest BCUT2D eigenvalue weighted by atomic mass is 10.0. The fourth-order valence-corrected chi connectivity index (χ4v) is 3.81. The van der Waals surface area contributed by atoms with Crippen LogP contribution in [0.3, 0.4) is 0 Å². The average Bonchev–Trinajstić information content (AvgIpc) is 2.93. The second-order valence-electron chi connectivity index (χ2n) is 6.44. The number of benzene rings is 2. The van der Waals surface area contributed by atoms with Crippen molar-refractivity contribution in [3.8, 4) is 17.0 Å². The van der Waals surface area contributed by atoms with Crippen LogP contribution in [0.1, 0.15) is 19.4 Å². The summed E-state index contributed by atoms with van der Waals surface area (Å²) in [5.41, 5.74) is 4.79. The second kappa shape index (κ2) is 7.63. The summed E-state index contributed by atoms with van der Waals surface area (Å²) in [6.07, 6.45) is 0.937. The molecule has 0 aliphatic heterocycles. The molecule has 0 saturated heterocycles. The van der Waals surface area contributed by atoms with Gasteiger partial charge in [0.2, 0.25) is 0 Å². The van der Waals surface area contributed by atoms with Gasteiger partial charge in [0.15, 0.2) is 0 Å². The summed E-state index contributed by atoms with van der Waals surface area (Å²) in [5, 5.41) is 10.9. The SMILES string of the molecule is CCc1c(-c2ccccc2OC)n(CC(C)CO)c2cc(Br)ccc12. The second-order valence-corrected chi connectivity index (χ2v) is 7.36. The third kappa shape index (κ3) is 3.33. The Balaban J connectivity index is 2.37. The number of aliphatic hydroxyl groups is 1. The molecule has 0 aliphatic rings. The minimum Gasteiger partial charge on any atom is -0.496 e. The number of aryl methyl sites for hydroxylation is 1. The Bertz CT molecular complexity index is 885. The van der Waals surface area contributed by atoms with Crippen LogP contribution in [0.5, 0.6) is 5.75 Å². The third-order valence-corrected chi connectivity index (χ3v) is 5.15. The number of aliphatic hydroxyl groups excluding tert-OH is 1. The minimum atomic E-state index is 0.167. The van der Waals surface area contributed by atoms with Gasteiger partial charge in [-0.05, 0) is 42.2 Å². The van der Waals surface area contributed by atoms with Crippen molar-refractivity contribution >= 4 is 26.8 Å². The van der Waals surface area contributed by atoms with E-state index in [1.54, 1.807) is 7.11 Å². The molecule has 1 atom stereocenters. The molecule has 1 unspecified atom stereocenters. The number of ether oxygens (including phenoxy) is 1. The first-order chi connectivity index (χ1) is 12.1. The lowest BCUT2D eigenvalue weighted by molar-refractivity contribution is 0.224. The Morgan fingerprint density at radius 1 is 1.20 bits per heavy atom. The molecule has 132 valence electrons. The van der Waals surface area contributed by atoms with Gasteiger partial charge in [-0.3, -0.25) is 0 Å². The van der Waals surface area contributed by atoms with Crippen LogP contribution in [0.25, 0.3) is 22.2 Å². The Hall–Kier alpha value is -1.78. The summed E-state index contributed by atoms with van der Waals surface area (Å²) in [7, 11) is 1.71. The normalized spacial score (nSPS) is 12.5. The van der Waals surface area contributed by atoms with Gasteiger partial charge in [0, 0.05) is 34.1 Å². The lowest BCUT2D eigenvalue weighted by Gasteiger charge is -2.17. The van der Waals surface area contributed by atoms with Crippen molar-refractivity contribution in [3.63, 3.8) is 0 Å². The van der Waals surface area contributed by atoms with Crippen molar-refractivity contribution in [1.29, 1.82) is 0 Å². The highest BCUT2D eigenvalue weighted by atomic mass is 79.9. The highest BCUT2D eigenvalue weighted by Gasteiger charge is 2.21. The summed E-state index contributed by atoms with van der Waals surface area (Å²) in [4.78, 5) is 0. The van der Waals surface area contributed by atoms with Crippen LogP contribution in [0, 0.1) is 5.92 Å². The molecule has 3 rings (SSSR count). The summed E-state index contributed by atoms with van der Waals surface area (Å²) in [6, 6.07) is 14.6. The number of hydrogen-bond acceptors (Lipinski definition) is 2. The van der Waals surface area contributed by atoms with Crippen LogP contribution < -0.4 is 4.74 Å². The van der Waals surface area contributed by atoms with Crippen molar-refractivity contribution < 1.29 is 9.84 Å². The van der Waals surface area contributed by atoms with Crippen LogP contribution in [-0.2, 0) is 13.0 Å². The zero-order chi connectivity index (χ0) is 18.0. The van der Waals surface area contributed by atoms with Gasteiger partial charge < -0.3 is 14.4 Å². The number of aromatic nitrogens is 1. The molecule has 0 amide bonds. The zero-order valence-electron chi connectivity index (χ0n) is 14.9. The molecule has 3 aromatic rings. The quantitative estimate of drug-likeness (QED) is 0.610. The number of halogens is 1. The van der Waals surface area contributed by atoms with Crippen LogP contribution in [0.15, 0.2) is 46.9 Å². The predicted molar refractivity (Wildman–Crippen MR) is 107 cm³/mol. The maximum absolute atomic E-state index is 9.60. The molecular formula is C21H24BrNO2. The molecule has 1 N–H and O–H groups in total. The first kappa shape index (κ1) is 18.0. The van der Waals surface area contributed by atoms with Crippen LogP contribution in [0.4, 0.5) is 0 Å². The van der Waals surface area contributed by atoms with Gasteiger partial charge in [0.1, 0.15) is 5.75 Å². The maximum Gasteiger partial charge on any atom is 0.128 e. The van der Waals surface area contributed by atoms with E-state index in [0.717, 1.165) is 28.8 Å². The van der Waals surface area contributed by atoms with E-state index in [2.05, 4.69) is 58.6 Å². The Labute approximate surface area is 157 Å². The number of rotatable bonds is 6. The molecule has 0 aliphatic carbocycles. The molecule has 25 heavy (non-hydrogen) atoms. The molecule has 0 bridgehead atoms. The standard InChI is InChI=1S/C21H24BrNO2/c1-4-16-17-10-9-15(22)11-19(17)23(12-14(2)13-24)21(16)18-7-5-6-8-20(18)25-3/h5-11,14,24H,4,12-13H2,1-3H3. The number of fused-ring (bicyclic) bond motifs is 1. The van der Waals surface area contributed by atoms with Gasteiger partial charge >= 0.3 is 0 Å². The Morgan fingerprint density at radius 2 is 1.96 bits per heavy atom. The summed E-state index contributed by atoms with van der Waals surface area (Å²) in [6.45, 7) is 5.19. The molecule has 1 heterocycles. The van der Waals surface area contributed by atoms with Crippen molar-refractivity contribution in [2.24, 2.45) is 5.92 Å². The van der Waals surface area contributed by atoms with E-state index < -0.39 is 0 Å². The van der Waals surface area contributed by atoms with E-state index in [4.69, 9.17) is 4.74 Å². The molecule has 0 spiro atoms. The van der Waals surface area contributed by atoms with E-state index in [1.165, 1.54) is 22.2 Å². The summed E-state index contributed by atoms with van der Waals surface area (Å²) >= 11 is 3.60. The number of para-hydroxylation sites is 1. The average molecular weight is 402 g/mol. The van der Waals surface area contributed by atoms with Gasteiger partial charge in [0.05, 0.1) is 12.8 Å². The molecule has 3 nitrogen and oxygen atoms in total. The molecule has 1 aromatic heterocycles. The van der Waals surface area contributed by atoms with Crippen molar-refractivity contribution in [2.45, 2.75) is 26.8 Å². The Kier molecular flexibility index (Phi) is 5.50. The van der Waals surface area contributed by atoms with E-state index in [9.17, 15) is 5.11 Å². The summed E-state index contributed by atoms with van der Waals surface area (Å²) < 4.78 is 9.02. The zero-order valence-corrected chi connectivity index (χ0v) is 16.5. The van der Waals surface area contributed by atoms with Gasteiger partial charge in [-0.1, -0.05) is 48.0 Å². The first-order valence-electron chi connectivity index (χ1n) is 8.65. The smallest absolute Gasteiger partial charge is 0.128 e. The highest BCUT2D eigenvalue weighted by molar-refractivity contribution is 9.10. The topological polar surface area (TPSA) is 34.4 Å². The lowest BCUT2D eigenvalue weighted by Crippen LogP contribution is -2.12. The molecule has 0 saturated carbocycles. The molecule has 4 heteroatoms. The monoisotopic (exact) mass is 401 g/mol. The first-order valence-corrected chi connectivity index (χ1v) is 9.44. The van der Waals surface area contributed by atoms with Crippen LogP contribution >= 0.6 is 15.9 Å². The number of nitrogens with zero attached hydrogens (tertiary/aromatic N) is 1. The number of hydrogen-bond donors (Lipinski definition) is 1. The van der Waals surface area contributed by atoms with E-state index in [-0.39, 0.29) is 12.5 Å². The van der Waals surface area contributed by atoms with Crippen molar-refractivity contribution in [3.05, 3.63) is 52.5 Å². The van der Waals surface area contributed by atoms with Gasteiger partial charge in [-0.2, -0.15) is 0 Å². The van der Waals surface area contributed by atoms with E-state index in [1.807, 2.05) is 18.2 Å². The highest BCUT2D eigenvalue weighted by Crippen LogP contribution is 2.39. The van der Waals surface area contributed by atoms with Crippen molar-refractivity contribution in [2.75, 3.05) is 13.7 Å². The maximum atomic E-state index is 9.60. The molecule has 2 aromatic carbocycles. The van der Waals surface area contributed by atoms with E-state index in [0.29, 0.717) is 0 Å². The predicted octanol–water partition coefficient (Wildman–Crippen LogP) is 5.27. The van der Waals surface area contributed by atoms with Crippen molar-refractivity contribution in [1.82, 2.24) is 4.57 Å². The largest absolute Gasteiger partial charge is 0.496 e. The molecule has 0 fully saturated rings. The minimum absolute atomic E-state index is 0.167. The van der Waals surface area contributed by atoms with Gasteiger partial charge in [-0.25, -0.2) is 0 Å². The fraction of sp³-hybridized carbons (Fsp3) is 0.333. The summed E-state index contributed by atoms with van der Waals surface area (Å²) in [5.74, 6) is 1.05. The third-order valence-electron chi connectivity index (χ3n) is 4.65. The number of methoxy groups -OCH3 is 1.